The predicted molar refractivity (Wildman–Crippen MR) is 91.3 cm³/mol. The zero-order valence-corrected chi connectivity index (χ0v) is 14.3. The van der Waals surface area contributed by atoms with Gasteiger partial charge in [-0.15, -0.1) is 0 Å². The molecule has 0 spiro atoms. The molecule has 2 aromatic rings. The van der Waals surface area contributed by atoms with Crippen molar-refractivity contribution in [2.45, 2.75) is 25.9 Å². The Morgan fingerprint density at radius 1 is 1.13 bits per heavy atom. The minimum absolute atomic E-state index is 0.0131. The Bertz CT molecular complexity index is 694. The van der Waals surface area contributed by atoms with Crippen molar-refractivity contribution in [2.75, 3.05) is 5.32 Å². The summed E-state index contributed by atoms with van der Waals surface area (Å²) in [6, 6.07) is 11.4. The summed E-state index contributed by atoms with van der Waals surface area (Å²) in [6.45, 7) is 3.65. The van der Waals surface area contributed by atoms with E-state index in [2.05, 4.69) is 5.32 Å². The predicted octanol–water partition coefficient (Wildman–Crippen LogP) is 3.78. The van der Waals surface area contributed by atoms with Gasteiger partial charge in [-0.2, -0.15) is 0 Å². The van der Waals surface area contributed by atoms with Gasteiger partial charge < -0.3 is 10.6 Å². The van der Waals surface area contributed by atoms with Crippen LogP contribution in [0.5, 0.6) is 0 Å². The minimum Gasteiger partial charge on any atom is -0.330 e. The van der Waals surface area contributed by atoms with Crippen molar-refractivity contribution >= 4 is 34.8 Å². The largest absolute Gasteiger partial charge is 0.330 e. The molecule has 0 bridgehead atoms. The third-order valence-corrected chi connectivity index (χ3v) is 4.18. The Balaban J connectivity index is 2.03. The molecule has 1 amide bonds. The summed E-state index contributed by atoms with van der Waals surface area (Å²) in [5.74, 6) is -0.652. The van der Waals surface area contributed by atoms with Crippen LogP contribution in [0.2, 0.25) is 10.0 Å². The molecule has 0 aliphatic rings. The first-order valence-corrected chi connectivity index (χ1v) is 7.99. The molecule has 2 aromatic carbocycles. The van der Waals surface area contributed by atoms with E-state index in [-0.39, 0.29) is 23.0 Å². The molecule has 0 aromatic heterocycles. The van der Waals surface area contributed by atoms with Crippen LogP contribution < -0.4 is 10.6 Å². The van der Waals surface area contributed by atoms with Crippen molar-refractivity contribution in [3.05, 3.63) is 63.9 Å². The lowest BCUT2D eigenvalue weighted by atomic mass is 10.1. The van der Waals surface area contributed by atoms with Crippen LogP contribution in [0.15, 0.2) is 42.5 Å². The molecule has 2 atom stereocenters. The quantitative estimate of drug-likeness (QED) is 0.787. The number of halogens is 3. The van der Waals surface area contributed by atoms with E-state index < -0.39 is 5.82 Å². The first kappa shape index (κ1) is 17.7. The van der Waals surface area contributed by atoms with Gasteiger partial charge in [-0.05, 0) is 38.1 Å². The summed E-state index contributed by atoms with van der Waals surface area (Å²) in [4.78, 5) is 12.2. The van der Waals surface area contributed by atoms with Crippen LogP contribution in [0.3, 0.4) is 0 Å². The summed E-state index contributed by atoms with van der Waals surface area (Å²) in [5, 5.41) is 5.03. The van der Waals surface area contributed by atoms with Gasteiger partial charge in [0.1, 0.15) is 11.9 Å². The number of carbonyl (C=O) groups excluding carboxylic acids is 1. The Labute approximate surface area is 144 Å². The van der Waals surface area contributed by atoms with E-state index in [1.807, 2.05) is 42.6 Å². The maximum Gasteiger partial charge on any atom is 0.282 e. The van der Waals surface area contributed by atoms with E-state index in [1.165, 1.54) is 12.1 Å². The maximum absolute atomic E-state index is 13.6. The lowest BCUT2D eigenvalue weighted by molar-refractivity contribution is -0.709. The average molecular weight is 356 g/mol. The Kier molecular flexibility index (Phi) is 5.99. The number of rotatable bonds is 5. The summed E-state index contributed by atoms with van der Waals surface area (Å²) >= 11 is 11.8. The zero-order chi connectivity index (χ0) is 17.0. The highest BCUT2D eigenvalue weighted by atomic mass is 35.5. The lowest BCUT2D eigenvalue weighted by Gasteiger charge is -2.18. The fourth-order valence-electron chi connectivity index (χ4n) is 2.29. The number of amides is 1. The van der Waals surface area contributed by atoms with Crippen LogP contribution in [0.1, 0.15) is 25.5 Å². The molecule has 0 saturated carbocycles. The van der Waals surface area contributed by atoms with Crippen molar-refractivity contribution in [1.29, 1.82) is 0 Å². The summed E-state index contributed by atoms with van der Waals surface area (Å²) < 4.78 is 13.6. The van der Waals surface area contributed by atoms with E-state index in [0.717, 1.165) is 5.69 Å². The smallest absolute Gasteiger partial charge is 0.282 e. The molecule has 122 valence electrons. The molecule has 6 heteroatoms. The number of para-hydroxylation sites is 1. The standard InChI is InChI=1S/C17H17Cl2FN2O/c1-10(13-8-16(20)15(19)9-14(13)18)21-11(2)17(23)22-12-6-4-3-5-7-12/h3-11,21H,1-2H3,(H,22,23)/p+1/t10-,11-/m0/s1. The normalized spacial score (nSPS) is 13.4. The van der Waals surface area contributed by atoms with E-state index in [0.29, 0.717) is 10.6 Å². The molecule has 0 radical (unpaired) electrons. The summed E-state index contributed by atoms with van der Waals surface area (Å²) in [7, 11) is 0. The van der Waals surface area contributed by atoms with Gasteiger partial charge in [0.05, 0.1) is 10.0 Å². The number of benzene rings is 2. The number of nitrogens with one attached hydrogen (secondary N) is 1. The second-order valence-electron chi connectivity index (χ2n) is 5.41. The molecule has 2 rings (SSSR count). The summed E-state index contributed by atoms with van der Waals surface area (Å²) in [6.07, 6.45) is 0. The van der Waals surface area contributed by atoms with E-state index in [1.54, 1.807) is 6.92 Å². The maximum atomic E-state index is 13.6. The fourth-order valence-corrected chi connectivity index (χ4v) is 2.84. The van der Waals surface area contributed by atoms with Crippen molar-refractivity contribution in [2.24, 2.45) is 0 Å². The van der Waals surface area contributed by atoms with Crippen molar-refractivity contribution < 1.29 is 14.5 Å². The highest BCUT2D eigenvalue weighted by Crippen LogP contribution is 2.27. The van der Waals surface area contributed by atoms with Crippen LogP contribution in [-0.2, 0) is 4.79 Å². The van der Waals surface area contributed by atoms with Crippen LogP contribution in [-0.4, -0.2) is 11.9 Å². The number of nitrogens with two attached hydrogens (primary N) is 1. The van der Waals surface area contributed by atoms with Crippen molar-refractivity contribution in [3.63, 3.8) is 0 Å². The van der Waals surface area contributed by atoms with E-state index in [4.69, 9.17) is 23.2 Å². The fraction of sp³-hybridized carbons (Fsp3) is 0.235. The third-order valence-electron chi connectivity index (χ3n) is 3.56. The monoisotopic (exact) mass is 355 g/mol. The first-order chi connectivity index (χ1) is 10.9. The Morgan fingerprint density at radius 3 is 2.43 bits per heavy atom. The van der Waals surface area contributed by atoms with Gasteiger partial charge in [0.25, 0.3) is 5.91 Å². The van der Waals surface area contributed by atoms with Gasteiger partial charge in [-0.1, -0.05) is 41.4 Å². The van der Waals surface area contributed by atoms with Gasteiger partial charge in [0.15, 0.2) is 6.04 Å². The highest BCUT2D eigenvalue weighted by molar-refractivity contribution is 6.35. The number of hydrogen-bond donors (Lipinski definition) is 2. The molecule has 3 nitrogen and oxygen atoms in total. The number of carbonyl (C=O) groups is 1. The van der Waals surface area contributed by atoms with Gasteiger partial charge in [-0.3, -0.25) is 4.79 Å². The number of quaternary nitrogens is 1. The van der Waals surface area contributed by atoms with Crippen molar-refractivity contribution in [3.8, 4) is 0 Å². The Morgan fingerprint density at radius 2 is 1.78 bits per heavy atom. The van der Waals surface area contributed by atoms with Crippen LogP contribution in [0.25, 0.3) is 0 Å². The van der Waals surface area contributed by atoms with Gasteiger partial charge in [0, 0.05) is 11.3 Å². The molecule has 0 saturated heterocycles. The molecule has 23 heavy (non-hydrogen) atoms. The van der Waals surface area contributed by atoms with Crippen LogP contribution in [0.4, 0.5) is 10.1 Å². The molecule has 3 N–H and O–H groups in total. The molecule has 0 fully saturated rings. The van der Waals surface area contributed by atoms with Crippen molar-refractivity contribution in [1.82, 2.24) is 0 Å². The van der Waals surface area contributed by atoms with Crippen LogP contribution >= 0.6 is 23.2 Å². The van der Waals surface area contributed by atoms with Gasteiger partial charge in [0.2, 0.25) is 0 Å². The molecular weight excluding hydrogens is 338 g/mol. The SMILES string of the molecule is C[C@H]([NH2+][C@@H](C)c1cc(F)c(Cl)cc1Cl)C(=O)Nc1ccccc1. The molecular formula is C17H18Cl2FN2O+. The topological polar surface area (TPSA) is 45.7 Å². The lowest BCUT2D eigenvalue weighted by Crippen LogP contribution is -2.91. The van der Waals surface area contributed by atoms with Crippen LogP contribution in [0, 0.1) is 5.82 Å². The average Bonchev–Trinajstić information content (AvgIpc) is 2.51. The molecule has 0 unspecified atom stereocenters. The third kappa shape index (κ3) is 4.67. The highest BCUT2D eigenvalue weighted by Gasteiger charge is 2.22. The van der Waals surface area contributed by atoms with E-state index in [9.17, 15) is 9.18 Å². The zero-order valence-electron chi connectivity index (χ0n) is 12.8. The summed E-state index contributed by atoms with van der Waals surface area (Å²) in [5.41, 5.74) is 1.34. The number of hydrogen-bond acceptors (Lipinski definition) is 1. The second kappa shape index (κ2) is 7.77. The van der Waals surface area contributed by atoms with Gasteiger partial charge >= 0.3 is 0 Å². The van der Waals surface area contributed by atoms with Gasteiger partial charge in [-0.25, -0.2) is 4.39 Å². The molecule has 0 aliphatic carbocycles. The minimum atomic E-state index is -0.521. The number of anilines is 1. The van der Waals surface area contributed by atoms with E-state index >= 15 is 0 Å². The second-order valence-corrected chi connectivity index (χ2v) is 6.23. The molecule has 0 aliphatic heterocycles. The first-order valence-electron chi connectivity index (χ1n) is 7.24. The Hall–Kier alpha value is -1.62. The molecule has 0 heterocycles.